The molecule has 0 saturated carbocycles. The van der Waals surface area contributed by atoms with Crippen molar-refractivity contribution in [2.75, 3.05) is 6.54 Å². The van der Waals surface area contributed by atoms with Crippen LogP contribution in [0.2, 0.25) is 0 Å². The first kappa shape index (κ1) is 46.4. The molecule has 0 fully saturated rings. The smallest absolute Gasteiger partial charge is 0.287 e. The van der Waals surface area contributed by atoms with Crippen LogP contribution in [0.25, 0.3) is 0 Å². The van der Waals surface area contributed by atoms with E-state index in [1.807, 2.05) is 46.9 Å². The number of terminal acetylenes is 1. The van der Waals surface area contributed by atoms with Crippen molar-refractivity contribution >= 4 is 18.3 Å². The van der Waals surface area contributed by atoms with Gasteiger partial charge in [0, 0.05) is 30.6 Å². The fourth-order valence-corrected chi connectivity index (χ4v) is 5.55. The number of nitrogens with zero attached hydrogens (tertiary/aromatic N) is 5. The number of amidine groups is 1. The van der Waals surface area contributed by atoms with Gasteiger partial charge in [-0.2, -0.15) is 0 Å². The Balaban J connectivity index is 0.00000347. The Morgan fingerprint density at radius 1 is 1.13 bits per heavy atom. The quantitative estimate of drug-likeness (QED) is 0.0600. The Bertz CT molecular complexity index is 1670. The molecule has 0 N–H and O–H groups in total. The summed E-state index contributed by atoms with van der Waals surface area (Å²) in [5.41, 5.74) is 4.99. The summed E-state index contributed by atoms with van der Waals surface area (Å²) in [6, 6.07) is 10.5. The molecule has 1 heterocycles. The third-order valence-electron chi connectivity index (χ3n) is 7.43. The van der Waals surface area contributed by atoms with E-state index < -0.39 is 10.5 Å². The van der Waals surface area contributed by atoms with E-state index in [0.29, 0.717) is 12.1 Å². The SMILES string of the molecule is C#CC.C=C/C=C(\C=NCC(=C)N=C1CC(C=NC=C)=C(C)N1C(C1=CC=CC=CC1)(C(/C=C\C)=C/CCC)c1ccccc1)[N+](=O)[O-].CC.CC. The number of hydrogen-bond donors (Lipinski definition) is 0. The normalized spacial score (nSPS) is 16.2. The maximum Gasteiger partial charge on any atom is 0.287 e. The second-order valence-corrected chi connectivity index (χ2v) is 10.8. The molecule has 1 aromatic carbocycles. The first-order valence-corrected chi connectivity index (χ1v) is 17.9. The second kappa shape index (κ2) is 27.2. The number of benzene rings is 1. The minimum Gasteiger partial charge on any atom is -0.315 e. The van der Waals surface area contributed by atoms with Crippen LogP contribution in [0.1, 0.15) is 86.6 Å². The molecule has 0 spiro atoms. The van der Waals surface area contributed by atoms with E-state index in [9.17, 15) is 10.1 Å². The van der Waals surface area contributed by atoms with Crippen LogP contribution in [-0.2, 0) is 5.54 Å². The number of unbranched alkanes of at least 4 members (excludes halogenated alkanes) is 1. The van der Waals surface area contributed by atoms with Crippen molar-refractivity contribution in [3.05, 3.63) is 167 Å². The third-order valence-corrected chi connectivity index (χ3v) is 7.43. The van der Waals surface area contributed by atoms with Crippen molar-refractivity contribution < 1.29 is 4.92 Å². The summed E-state index contributed by atoms with van der Waals surface area (Å²) in [5.74, 6) is 3.03. The van der Waals surface area contributed by atoms with Gasteiger partial charge in [0.05, 0.1) is 23.4 Å². The highest BCUT2D eigenvalue weighted by Gasteiger charge is 2.48. The Morgan fingerprint density at radius 2 is 1.81 bits per heavy atom. The molecule has 1 atom stereocenters. The van der Waals surface area contributed by atoms with Gasteiger partial charge in [-0.15, -0.1) is 12.3 Å². The molecule has 0 saturated heterocycles. The standard InChI is InChI=1S/C38H43N5O2.C3H4.2C2H6/c1-7-11-21-33(19-8-2)38(35-24-17-14-18-25-35,34-22-15-12-13-16-23-34)42-31(6)32(28-39-10-4)26-37(42)41-30(5)27-40-29-36(20-9-3)43(44)45;1-3-2;2*1-2/h8-10,12-22,24-25,28-29H,3-5,7,11,23,26-27H2,1-2,6H3;1H,2H3;2*1-2H3/b19-8-,33-21+,36-20+,39-28?,40-29?,41-37?;;;. The van der Waals surface area contributed by atoms with E-state index in [1.165, 1.54) is 30.1 Å². The first-order chi connectivity index (χ1) is 25.3. The average molecular weight is 702 g/mol. The van der Waals surface area contributed by atoms with E-state index in [2.05, 4.69) is 134 Å². The van der Waals surface area contributed by atoms with Crippen LogP contribution >= 0.6 is 0 Å². The van der Waals surface area contributed by atoms with Gasteiger partial charge in [0.25, 0.3) is 5.70 Å². The Kier molecular flexibility index (Phi) is 24.2. The molecule has 7 heteroatoms. The number of nitro groups is 1. The van der Waals surface area contributed by atoms with E-state index in [1.54, 1.807) is 6.92 Å². The highest BCUT2D eigenvalue weighted by molar-refractivity contribution is 6.00. The predicted octanol–water partition coefficient (Wildman–Crippen LogP) is 11.8. The largest absolute Gasteiger partial charge is 0.315 e. The molecule has 0 radical (unpaired) electrons. The van der Waals surface area contributed by atoms with Crippen molar-refractivity contribution in [2.45, 2.75) is 86.6 Å². The van der Waals surface area contributed by atoms with Crippen LogP contribution in [0, 0.1) is 22.5 Å². The molecular weight excluding hydrogens is 643 g/mol. The molecule has 2 aliphatic rings. The topological polar surface area (TPSA) is 83.5 Å². The van der Waals surface area contributed by atoms with E-state index in [-0.39, 0.29) is 12.2 Å². The van der Waals surface area contributed by atoms with Crippen LogP contribution in [0.4, 0.5) is 0 Å². The molecular formula is C45H59N5O2. The van der Waals surface area contributed by atoms with Crippen LogP contribution in [0.15, 0.2) is 166 Å². The summed E-state index contributed by atoms with van der Waals surface area (Å²) in [5, 5.41) is 11.3. The monoisotopic (exact) mass is 701 g/mol. The summed E-state index contributed by atoms with van der Waals surface area (Å²) in [4.78, 5) is 26.9. The molecule has 0 bridgehead atoms. The summed E-state index contributed by atoms with van der Waals surface area (Å²) >= 11 is 0. The number of aliphatic imine (C=N–C) groups is 3. The zero-order valence-electron chi connectivity index (χ0n) is 32.7. The molecule has 1 aromatic rings. The van der Waals surface area contributed by atoms with Crippen molar-refractivity contribution in [3.63, 3.8) is 0 Å². The Morgan fingerprint density at radius 3 is 2.38 bits per heavy atom. The lowest BCUT2D eigenvalue weighted by Crippen LogP contribution is -2.49. The molecule has 7 nitrogen and oxygen atoms in total. The van der Waals surface area contributed by atoms with Gasteiger partial charge in [0.2, 0.25) is 0 Å². The molecule has 52 heavy (non-hydrogen) atoms. The van der Waals surface area contributed by atoms with Gasteiger partial charge in [-0.25, -0.2) is 4.99 Å². The van der Waals surface area contributed by atoms with Crippen LogP contribution in [-0.4, -0.2) is 34.6 Å². The molecule has 1 aliphatic carbocycles. The second-order valence-electron chi connectivity index (χ2n) is 10.8. The van der Waals surface area contributed by atoms with Crippen LogP contribution in [0.5, 0.6) is 0 Å². The van der Waals surface area contributed by atoms with Crippen molar-refractivity contribution in [1.29, 1.82) is 0 Å². The Labute approximate surface area is 314 Å². The molecule has 1 unspecified atom stereocenters. The van der Waals surface area contributed by atoms with Crippen LogP contribution < -0.4 is 0 Å². The number of rotatable bonds is 15. The third kappa shape index (κ3) is 13.3. The van der Waals surface area contributed by atoms with Gasteiger partial charge < -0.3 is 4.90 Å². The summed E-state index contributed by atoms with van der Waals surface area (Å²) in [6.07, 6.45) is 32.2. The molecule has 0 amide bonds. The first-order valence-electron chi connectivity index (χ1n) is 17.9. The maximum absolute atomic E-state index is 11.3. The highest BCUT2D eigenvalue weighted by atomic mass is 16.6. The maximum atomic E-state index is 11.3. The predicted molar refractivity (Wildman–Crippen MR) is 227 cm³/mol. The van der Waals surface area contributed by atoms with Crippen molar-refractivity contribution in [1.82, 2.24) is 4.90 Å². The summed E-state index contributed by atoms with van der Waals surface area (Å²) < 4.78 is 0. The van der Waals surface area contributed by atoms with E-state index in [4.69, 9.17) is 4.99 Å². The molecule has 0 aromatic heterocycles. The summed E-state index contributed by atoms with van der Waals surface area (Å²) in [7, 11) is 0. The van der Waals surface area contributed by atoms with Crippen LogP contribution in [0.3, 0.4) is 0 Å². The number of hydrogen-bond acceptors (Lipinski definition) is 5. The zero-order valence-corrected chi connectivity index (χ0v) is 32.7. The molecule has 3 rings (SSSR count). The van der Waals surface area contributed by atoms with Gasteiger partial charge in [-0.1, -0.05) is 146 Å². The zero-order chi connectivity index (χ0) is 39.4. The minimum absolute atomic E-state index is 0.0920. The fraction of sp³-hybridized carbons (Fsp3) is 0.311. The Hall–Kier alpha value is -5.61. The fourth-order valence-electron chi connectivity index (χ4n) is 5.55. The van der Waals surface area contributed by atoms with Gasteiger partial charge in [0.1, 0.15) is 11.4 Å². The minimum atomic E-state index is -0.760. The van der Waals surface area contributed by atoms with Crippen molar-refractivity contribution in [3.8, 4) is 12.3 Å². The van der Waals surface area contributed by atoms with Gasteiger partial charge in [0.15, 0.2) is 0 Å². The summed E-state index contributed by atoms with van der Waals surface area (Å²) in [6.45, 7) is 27.6. The molecule has 276 valence electrons. The van der Waals surface area contributed by atoms with Gasteiger partial charge in [-0.3, -0.25) is 20.1 Å². The molecule has 1 aliphatic heterocycles. The average Bonchev–Trinajstić information content (AvgIpc) is 3.29. The van der Waals surface area contributed by atoms with Crippen molar-refractivity contribution in [2.24, 2.45) is 15.0 Å². The van der Waals surface area contributed by atoms with Gasteiger partial charge >= 0.3 is 0 Å². The lowest BCUT2D eigenvalue weighted by atomic mass is 9.72. The number of allylic oxidation sites excluding steroid dienone is 11. The lowest BCUT2D eigenvalue weighted by molar-refractivity contribution is -0.414. The van der Waals surface area contributed by atoms with E-state index >= 15 is 0 Å². The van der Waals surface area contributed by atoms with E-state index in [0.717, 1.165) is 47.5 Å². The lowest BCUT2D eigenvalue weighted by Gasteiger charge is -2.47. The van der Waals surface area contributed by atoms with Gasteiger partial charge in [-0.05, 0) is 55.9 Å². The highest BCUT2D eigenvalue weighted by Crippen LogP contribution is 2.50.